The molecule has 0 radical (unpaired) electrons. The molecule has 3 aliphatic heterocycles. The zero-order chi connectivity index (χ0) is 50.3. The summed E-state index contributed by atoms with van der Waals surface area (Å²) in [6.45, 7) is 5.25. The number of amides is 4. The third kappa shape index (κ3) is 9.77. The lowest BCUT2D eigenvalue weighted by atomic mass is 9.89. The number of rotatable bonds is 9. The van der Waals surface area contributed by atoms with E-state index in [1.54, 1.807) is 6.92 Å². The summed E-state index contributed by atoms with van der Waals surface area (Å²) >= 11 is 0. The summed E-state index contributed by atoms with van der Waals surface area (Å²) in [5.41, 5.74) is -1.05. The molecule has 360 valence electrons. The number of alkyl halides is 3. The Bertz CT molecular complexity index is 3030. The predicted octanol–water partition coefficient (Wildman–Crippen LogP) is 6.20. The fourth-order valence-corrected chi connectivity index (χ4v) is 8.72. The van der Waals surface area contributed by atoms with E-state index in [4.69, 9.17) is 20.8 Å². The molecule has 4 amide bonds. The number of aliphatic imine (C=N–C) groups is 1. The topological polar surface area (TPSA) is 236 Å². The largest absolute Gasteiger partial charge is 0.481 e. The van der Waals surface area contributed by atoms with Crippen molar-refractivity contribution in [3.63, 3.8) is 0 Å². The van der Waals surface area contributed by atoms with E-state index in [2.05, 4.69) is 26.4 Å². The number of ketones is 1. The van der Waals surface area contributed by atoms with Gasteiger partial charge in [-0.3, -0.25) is 33.9 Å². The Morgan fingerprint density at radius 2 is 1.67 bits per heavy atom. The third-order valence-electron chi connectivity index (χ3n) is 12.0. The van der Waals surface area contributed by atoms with E-state index in [1.807, 2.05) is 13.8 Å². The van der Waals surface area contributed by atoms with Crippen LogP contribution in [0.5, 0.6) is 5.75 Å². The monoisotopic (exact) mass is 974 g/mol. The first kappa shape index (κ1) is 49.4. The van der Waals surface area contributed by atoms with Crippen molar-refractivity contribution in [3.8, 4) is 18.1 Å². The first-order chi connectivity index (χ1) is 32.5. The quantitative estimate of drug-likeness (QED) is 0.0823. The SMILES string of the molecule is C#CCN1C(=O)COc2cc(F)c(N3C(=O)C4=C(CCCC4)C3=O)cc21.CC(C)C1(C)N=C(c2ncccc2C(=O)O)NC1=O.CS(=O)(=O)c1cc(C(F)(F)F)ccc1C(=O)c1cnoc1C1CC1. The molecule has 0 saturated heterocycles. The van der Waals surface area contributed by atoms with Crippen LogP contribution < -0.4 is 19.9 Å². The summed E-state index contributed by atoms with van der Waals surface area (Å²) in [5.74, 6) is -1.03. The predicted molar refractivity (Wildman–Crippen MR) is 237 cm³/mol. The van der Waals surface area contributed by atoms with Crippen LogP contribution in [0.15, 0.2) is 80.4 Å². The fraction of sp³-hybridized carbons (Fsp3) is 0.340. The smallest absolute Gasteiger partial charge is 0.416 e. The van der Waals surface area contributed by atoms with Gasteiger partial charge in [0.05, 0.1) is 45.7 Å². The highest BCUT2D eigenvalue weighted by molar-refractivity contribution is 7.90. The molecule has 1 fully saturated rings. The molecule has 2 aromatic heterocycles. The van der Waals surface area contributed by atoms with Crippen molar-refractivity contribution in [2.24, 2.45) is 10.9 Å². The van der Waals surface area contributed by atoms with Gasteiger partial charge in [0.1, 0.15) is 17.0 Å². The molecule has 5 aliphatic rings. The summed E-state index contributed by atoms with van der Waals surface area (Å²) in [6, 6.07) is 7.38. The zero-order valence-electron chi connectivity index (χ0n) is 37.3. The Labute approximate surface area is 391 Å². The van der Waals surface area contributed by atoms with Crippen molar-refractivity contribution in [3.05, 3.63) is 106 Å². The molecule has 0 bridgehead atoms. The molecular formula is C47H42F4N6O11S. The van der Waals surface area contributed by atoms with Crippen molar-refractivity contribution in [1.82, 2.24) is 15.5 Å². The Morgan fingerprint density at radius 3 is 2.23 bits per heavy atom. The lowest BCUT2D eigenvalue weighted by molar-refractivity contribution is -0.137. The maximum Gasteiger partial charge on any atom is 0.416 e. The number of imide groups is 1. The molecule has 22 heteroatoms. The number of carbonyl (C=O) groups is 6. The Kier molecular flexibility index (Phi) is 13.5. The average Bonchev–Trinajstić information content (AvgIpc) is 3.86. The van der Waals surface area contributed by atoms with Crippen LogP contribution in [-0.4, -0.2) is 89.8 Å². The van der Waals surface area contributed by atoms with Gasteiger partial charge in [0.2, 0.25) is 0 Å². The van der Waals surface area contributed by atoms with Crippen LogP contribution in [-0.2, 0) is 35.2 Å². The minimum Gasteiger partial charge on any atom is -0.481 e. The van der Waals surface area contributed by atoms with Crippen molar-refractivity contribution in [1.29, 1.82) is 0 Å². The van der Waals surface area contributed by atoms with E-state index in [1.165, 1.54) is 35.5 Å². The maximum atomic E-state index is 14.7. The fourth-order valence-electron chi connectivity index (χ4n) is 7.82. The molecule has 17 nitrogen and oxygen atoms in total. The van der Waals surface area contributed by atoms with Crippen molar-refractivity contribution >= 4 is 62.4 Å². The molecule has 5 heterocycles. The standard InChI is InChI=1S/C19H15FN2O4.C15H12F3NO4S.C13H15N3O3/c1-2-7-21-15-9-14(13(20)8-16(15)26-10-17(21)23)22-18(24)11-5-3-4-6-12(11)19(22)25;1-24(21,22)12-6-9(15(16,17)18)4-5-10(12)13(20)11-7-19-23-14(11)8-2-3-8;1-7(2)13(3)12(19)15-10(16-13)9-8(11(17)18)5-4-6-14-9/h1,8-9H,3-7,10H2;4-8H,2-3H2,1H3;4-7H,1-3H3,(H,17,18)(H,15,16,19). The molecule has 2 aromatic carbocycles. The number of sulfone groups is 1. The third-order valence-corrected chi connectivity index (χ3v) is 13.2. The zero-order valence-corrected chi connectivity index (χ0v) is 38.1. The lowest BCUT2D eigenvalue weighted by Crippen LogP contribution is -2.41. The number of carbonyl (C=O) groups excluding carboxylic acids is 5. The van der Waals surface area contributed by atoms with Gasteiger partial charge < -0.3 is 19.7 Å². The van der Waals surface area contributed by atoms with E-state index in [-0.39, 0.29) is 82.1 Å². The van der Waals surface area contributed by atoms with E-state index in [0.29, 0.717) is 41.9 Å². The molecule has 4 aromatic rings. The number of amidine groups is 1. The summed E-state index contributed by atoms with van der Waals surface area (Å²) in [6.07, 6.45) is 8.34. The number of nitrogens with one attached hydrogen (secondary N) is 1. The Hall–Kier alpha value is -7.54. The van der Waals surface area contributed by atoms with Gasteiger partial charge in [0, 0.05) is 41.1 Å². The number of hydrogen-bond donors (Lipinski definition) is 2. The number of terminal acetylenes is 1. The van der Waals surface area contributed by atoms with Gasteiger partial charge in [-0.1, -0.05) is 24.9 Å². The van der Waals surface area contributed by atoms with E-state index < -0.39 is 61.4 Å². The van der Waals surface area contributed by atoms with E-state index in [0.717, 1.165) is 49.0 Å². The molecule has 9 rings (SSSR count). The minimum absolute atomic E-state index is 0.00184. The number of halogens is 4. The molecule has 2 aliphatic carbocycles. The van der Waals surface area contributed by atoms with Gasteiger partial charge in [-0.2, -0.15) is 13.2 Å². The number of fused-ring (bicyclic) bond motifs is 1. The molecule has 1 saturated carbocycles. The number of pyridine rings is 1. The number of benzene rings is 2. The first-order valence-corrected chi connectivity index (χ1v) is 23.2. The van der Waals surface area contributed by atoms with Crippen LogP contribution in [0.25, 0.3) is 0 Å². The molecule has 0 spiro atoms. The van der Waals surface area contributed by atoms with Crippen LogP contribution >= 0.6 is 0 Å². The number of aromatic carboxylic acids is 1. The van der Waals surface area contributed by atoms with Gasteiger partial charge in [0.25, 0.3) is 23.6 Å². The second-order valence-electron chi connectivity index (χ2n) is 17.0. The van der Waals surface area contributed by atoms with Gasteiger partial charge >= 0.3 is 12.1 Å². The van der Waals surface area contributed by atoms with Crippen LogP contribution in [0.3, 0.4) is 0 Å². The van der Waals surface area contributed by atoms with Gasteiger partial charge in [-0.25, -0.2) is 27.5 Å². The molecule has 2 N–H and O–H groups in total. The number of hydrogen-bond acceptors (Lipinski definition) is 13. The highest BCUT2D eigenvalue weighted by atomic mass is 32.2. The second kappa shape index (κ2) is 18.9. The van der Waals surface area contributed by atoms with Crippen molar-refractivity contribution < 1.29 is 69.1 Å². The number of anilines is 2. The maximum absolute atomic E-state index is 14.7. The Morgan fingerprint density at radius 1 is 1.00 bits per heavy atom. The molecular weight excluding hydrogens is 933 g/mol. The summed E-state index contributed by atoms with van der Waals surface area (Å²) in [5, 5.41) is 15.3. The number of carboxylic acids is 1. The van der Waals surface area contributed by atoms with Crippen LogP contribution in [0.2, 0.25) is 0 Å². The summed E-state index contributed by atoms with van der Waals surface area (Å²) < 4.78 is 87.2. The van der Waals surface area contributed by atoms with Crippen molar-refractivity contribution in [2.45, 2.75) is 81.8 Å². The normalized spacial score (nSPS) is 18.8. The van der Waals surface area contributed by atoms with Crippen LogP contribution in [0.1, 0.15) is 109 Å². The number of carboxylic acid groups (broad SMARTS) is 1. The number of aromatic nitrogens is 2. The molecule has 1 unspecified atom stereocenters. The molecule has 69 heavy (non-hydrogen) atoms. The van der Waals surface area contributed by atoms with E-state index in [9.17, 15) is 54.7 Å². The van der Waals surface area contributed by atoms with Crippen LogP contribution in [0.4, 0.5) is 28.9 Å². The average molecular weight is 975 g/mol. The van der Waals surface area contributed by atoms with Gasteiger partial charge in [-0.15, -0.1) is 6.42 Å². The minimum atomic E-state index is -4.71. The summed E-state index contributed by atoms with van der Waals surface area (Å²) in [4.78, 5) is 83.0. The first-order valence-electron chi connectivity index (χ1n) is 21.3. The Balaban J connectivity index is 0.000000155. The summed E-state index contributed by atoms with van der Waals surface area (Å²) in [7, 11) is -4.04. The molecule has 1 atom stereocenters. The highest BCUT2D eigenvalue weighted by Gasteiger charge is 2.44. The van der Waals surface area contributed by atoms with Crippen LogP contribution in [0, 0.1) is 24.1 Å². The number of ether oxygens (including phenoxy) is 1. The van der Waals surface area contributed by atoms with Gasteiger partial charge in [0.15, 0.2) is 39.6 Å². The second-order valence-corrected chi connectivity index (χ2v) is 18.9. The lowest BCUT2D eigenvalue weighted by Gasteiger charge is -2.29. The van der Waals surface area contributed by atoms with Gasteiger partial charge in [-0.05, 0) is 87.8 Å². The van der Waals surface area contributed by atoms with E-state index >= 15 is 0 Å². The van der Waals surface area contributed by atoms with Crippen molar-refractivity contribution in [2.75, 3.05) is 29.2 Å². The number of nitrogens with zero attached hydrogens (tertiary/aromatic N) is 5. The highest BCUT2D eigenvalue weighted by Crippen LogP contribution is 2.44.